The number of nitrogens with zero attached hydrogens (tertiary/aromatic N) is 5. The van der Waals surface area contributed by atoms with Crippen molar-refractivity contribution in [1.82, 2.24) is 24.1 Å². The van der Waals surface area contributed by atoms with Gasteiger partial charge < -0.3 is 13.6 Å². The second kappa shape index (κ2) is 15.6. The maximum absolute atomic E-state index is 7.15. The molecule has 0 spiro atoms. The van der Waals surface area contributed by atoms with Crippen molar-refractivity contribution in [3.05, 3.63) is 237 Å². The molecule has 0 radical (unpaired) electrons. The Morgan fingerprint density at radius 2 is 0.783 bits per heavy atom. The topological polar surface area (TPSA) is 61.7 Å². The Bertz CT molecular complexity index is 4150. The van der Waals surface area contributed by atoms with Crippen LogP contribution in [0.3, 0.4) is 0 Å². The molecule has 0 aliphatic heterocycles. The predicted molar refractivity (Wildman–Crippen MR) is 283 cm³/mol. The first-order valence-electron chi connectivity index (χ1n) is 23.3. The van der Waals surface area contributed by atoms with Gasteiger partial charge in [-0.25, -0.2) is 15.0 Å². The summed E-state index contributed by atoms with van der Waals surface area (Å²) in [7, 11) is 0. The van der Waals surface area contributed by atoms with Crippen molar-refractivity contribution in [1.29, 1.82) is 0 Å². The van der Waals surface area contributed by atoms with Crippen LogP contribution in [0.15, 0.2) is 241 Å². The normalized spacial score (nSPS) is 11.8. The third-order valence-electron chi connectivity index (χ3n) is 13.5. The van der Waals surface area contributed by atoms with Gasteiger partial charge >= 0.3 is 0 Å². The Balaban J connectivity index is 1.06. The maximum Gasteiger partial charge on any atom is 0.164 e. The van der Waals surface area contributed by atoms with Gasteiger partial charge in [0.05, 0.1) is 33.1 Å². The summed E-state index contributed by atoms with van der Waals surface area (Å²) in [4.78, 5) is 15.5. The molecular formula is C63H39N5O. The van der Waals surface area contributed by atoms with E-state index in [0.29, 0.717) is 17.5 Å². The molecule has 4 heterocycles. The summed E-state index contributed by atoms with van der Waals surface area (Å²) in [5, 5.41) is 6.69. The molecule has 0 N–H and O–H groups in total. The third-order valence-corrected chi connectivity index (χ3v) is 13.5. The highest BCUT2D eigenvalue weighted by molar-refractivity contribution is 6.26. The zero-order valence-corrected chi connectivity index (χ0v) is 37.2. The first-order chi connectivity index (χ1) is 34.2. The summed E-state index contributed by atoms with van der Waals surface area (Å²) in [6.07, 6.45) is 0. The SMILES string of the molecule is c1ccc(-c2nc(-c3ccccc3)nc(-c3cc(-c4ccccc4)c(-n4c5ccccc5c5c6oc7cc8c9ccccc9n(-c9ccccc9)c8cc7c6ccc54)c(-c4ccccc4)c3)n2)cc1. The zero-order chi connectivity index (χ0) is 45.4. The lowest BCUT2D eigenvalue weighted by Gasteiger charge is -2.21. The molecular weight excluding hydrogens is 843 g/mol. The van der Waals surface area contributed by atoms with Crippen LogP contribution in [-0.4, -0.2) is 24.1 Å². The highest BCUT2D eigenvalue weighted by atomic mass is 16.3. The molecule has 6 heteroatoms. The average molecular weight is 882 g/mol. The van der Waals surface area contributed by atoms with Crippen LogP contribution >= 0.6 is 0 Å². The number of fused-ring (bicyclic) bond motifs is 10. The molecule has 14 rings (SSSR count). The fourth-order valence-corrected chi connectivity index (χ4v) is 10.5. The van der Waals surface area contributed by atoms with Crippen LogP contribution in [0.25, 0.3) is 133 Å². The van der Waals surface area contributed by atoms with E-state index in [2.05, 4.69) is 185 Å². The van der Waals surface area contributed by atoms with Crippen LogP contribution in [0.4, 0.5) is 0 Å². The Hall–Kier alpha value is -9.39. The summed E-state index contributed by atoms with van der Waals surface area (Å²) < 4.78 is 12.0. The molecule has 0 saturated carbocycles. The minimum absolute atomic E-state index is 0.593. The fraction of sp³-hybridized carbons (Fsp3) is 0. The zero-order valence-electron chi connectivity index (χ0n) is 37.2. The van der Waals surface area contributed by atoms with Crippen LogP contribution in [0, 0.1) is 0 Å². The molecule has 0 amide bonds. The monoisotopic (exact) mass is 881 g/mol. The lowest BCUT2D eigenvalue weighted by atomic mass is 9.92. The summed E-state index contributed by atoms with van der Waals surface area (Å²) in [5.41, 5.74) is 15.3. The van der Waals surface area contributed by atoms with E-state index >= 15 is 0 Å². The van der Waals surface area contributed by atoms with E-state index in [1.54, 1.807) is 0 Å². The van der Waals surface area contributed by atoms with Crippen molar-refractivity contribution in [3.8, 4) is 67.8 Å². The van der Waals surface area contributed by atoms with E-state index in [0.717, 1.165) is 105 Å². The molecule has 69 heavy (non-hydrogen) atoms. The quantitative estimate of drug-likeness (QED) is 0.160. The smallest absolute Gasteiger partial charge is 0.164 e. The molecule has 0 aliphatic carbocycles. The van der Waals surface area contributed by atoms with E-state index in [-0.39, 0.29) is 0 Å². The number of hydrogen-bond donors (Lipinski definition) is 0. The number of aromatic nitrogens is 5. The molecule has 10 aromatic carbocycles. The lowest BCUT2D eigenvalue weighted by Crippen LogP contribution is -2.04. The van der Waals surface area contributed by atoms with Crippen molar-refractivity contribution in [3.63, 3.8) is 0 Å². The second-order valence-corrected chi connectivity index (χ2v) is 17.5. The van der Waals surface area contributed by atoms with E-state index in [1.807, 2.05) is 60.7 Å². The van der Waals surface area contributed by atoms with Crippen molar-refractivity contribution in [2.24, 2.45) is 0 Å². The predicted octanol–water partition coefficient (Wildman–Crippen LogP) is 16.3. The third kappa shape index (κ3) is 6.23. The number of para-hydroxylation sites is 3. The van der Waals surface area contributed by atoms with Gasteiger partial charge in [0.15, 0.2) is 17.5 Å². The van der Waals surface area contributed by atoms with Gasteiger partial charge in [-0.05, 0) is 71.8 Å². The average Bonchev–Trinajstić information content (AvgIpc) is 4.08. The van der Waals surface area contributed by atoms with Gasteiger partial charge in [0.1, 0.15) is 11.2 Å². The molecule has 0 unspecified atom stereocenters. The summed E-state index contributed by atoms with van der Waals surface area (Å²) in [6, 6.07) is 83.3. The lowest BCUT2D eigenvalue weighted by molar-refractivity contribution is 0.673. The Kier molecular flexibility index (Phi) is 8.79. The molecule has 322 valence electrons. The highest BCUT2D eigenvalue weighted by Gasteiger charge is 2.26. The molecule has 0 saturated heterocycles. The molecule has 6 nitrogen and oxygen atoms in total. The first-order valence-corrected chi connectivity index (χ1v) is 23.3. The minimum atomic E-state index is 0.593. The van der Waals surface area contributed by atoms with Gasteiger partial charge in [-0.15, -0.1) is 0 Å². The molecule has 0 fully saturated rings. The summed E-state index contributed by atoms with van der Waals surface area (Å²) in [5.74, 6) is 1.83. The van der Waals surface area contributed by atoms with Gasteiger partial charge in [-0.2, -0.15) is 0 Å². The van der Waals surface area contributed by atoms with E-state index in [9.17, 15) is 0 Å². The van der Waals surface area contributed by atoms with E-state index in [1.165, 1.54) is 10.9 Å². The van der Waals surface area contributed by atoms with Crippen molar-refractivity contribution in [2.75, 3.05) is 0 Å². The second-order valence-electron chi connectivity index (χ2n) is 17.5. The molecule has 0 aliphatic rings. The highest BCUT2D eigenvalue weighted by Crippen LogP contribution is 2.47. The van der Waals surface area contributed by atoms with E-state index < -0.39 is 0 Å². The van der Waals surface area contributed by atoms with E-state index in [4.69, 9.17) is 19.4 Å². The summed E-state index contributed by atoms with van der Waals surface area (Å²) in [6.45, 7) is 0. The molecule has 0 atom stereocenters. The Morgan fingerprint density at radius 1 is 0.304 bits per heavy atom. The van der Waals surface area contributed by atoms with Gasteiger partial charge in [0.2, 0.25) is 0 Å². The number of hydrogen-bond acceptors (Lipinski definition) is 4. The standard InChI is InChI=1S/C63H39N5O/c1-6-20-40(21-7-1)49-36-44(63-65-61(42-24-10-3-11-25-42)64-62(66-63)43-26-12-4-13-27-43)37-50(41-22-8-2-9-23-41)59(49)68-54-33-19-17-31-48(54)58-55(68)35-34-47-52-38-56-51(39-57(52)69-60(47)58)46-30-16-18-32-53(46)67(56)45-28-14-5-15-29-45/h1-39H. The minimum Gasteiger partial charge on any atom is -0.455 e. The van der Waals surface area contributed by atoms with Crippen LogP contribution in [0.1, 0.15) is 0 Å². The Labute approximate surface area is 396 Å². The number of benzene rings is 10. The number of rotatable bonds is 7. The fourth-order valence-electron chi connectivity index (χ4n) is 10.5. The number of furan rings is 1. The van der Waals surface area contributed by atoms with Crippen LogP contribution < -0.4 is 0 Å². The first kappa shape index (κ1) is 38.8. The van der Waals surface area contributed by atoms with Crippen LogP contribution in [-0.2, 0) is 0 Å². The molecule has 0 bridgehead atoms. The Morgan fingerprint density at radius 3 is 1.36 bits per heavy atom. The van der Waals surface area contributed by atoms with Crippen molar-refractivity contribution < 1.29 is 4.42 Å². The van der Waals surface area contributed by atoms with Gasteiger partial charge in [-0.1, -0.05) is 176 Å². The van der Waals surface area contributed by atoms with Gasteiger partial charge in [0.25, 0.3) is 0 Å². The summed E-state index contributed by atoms with van der Waals surface area (Å²) >= 11 is 0. The largest absolute Gasteiger partial charge is 0.455 e. The maximum atomic E-state index is 7.15. The van der Waals surface area contributed by atoms with Gasteiger partial charge in [-0.3, -0.25) is 0 Å². The van der Waals surface area contributed by atoms with Crippen LogP contribution in [0.2, 0.25) is 0 Å². The van der Waals surface area contributed by atoms with Crippen molar-refractivity contribution in [2.45, 2.75) is 0 Å². The van der Waals surface area contributed by atoms with Crippen molar-refractivity contribution >= 4 is 65.6 Å². The van der Waals surface area contributed by atoms with Crippen LogP contribution in [0.5, 0.6) is 0 Å². The molecule has 14 aromatic rings. The molecule has 4 aromatic heterocycles. The van der Waals surface area contributed by atoms with Gasteiger partial charge in [0, 0.05) is 60.4 Å².